The van der Waals surface area contributed by atoms with E-state index in [4.69, 9.17) is 4.74 Å². The molecule has 1 saturated heterocycles. The predicted molar refractivity (Wildman–Crippen MR) is 110 cm³/mol. The molecular weight excluding hydrogens is 360 g/mol. The molecule has 0 unspecified atom stereocenters. The van der Waals surface area contributed by atoms with Crippen molar-refractivity contribution in [3.63, 3.8) is 0 Å². The molecular formula is C20H26N4O2S. The maximum atomic E-state index is 12.2. The molecule has 1 amide bonds. The molecule has 3 rings (SSSR count). The number of amides is 1. The Labute approximate surface area is 164 Å². The molecule has 6 nitrogen and oxygen atoms in total. The third kappa shape index (κ3) is 5.85. The van der Waals surface area contributed by atoms with Gasteiger partial charge in [-0.25, -0.2) is 9.97 Å². The molecule has 0 atom stereocenters. The van der Waals surface area contributed by atoms with Crippen molar-refractivity contribution in [2.75, 3.05) is 35.7 Å². The Morgan fingerprint density at radius 1 is 1.26 bits per heavy atom. The van der Waals surface area contributed by atoms with Gasteiger partial charge < -0.3 is 15.0 Å². The molecule has 7 heteroatoms. The zero-order valence-corrected chi connectivity index (χ0v) is 16.7. The minimum atomic E-state index is -0.0591. The summed E-state index contributed by atoms with van der Waals surface area (Å²) in [5.41, 5.74) is 0.759. The summed E-state index contributed by atoms with van der Waals surface area (Å²) in [5, 5.41) is 3.72. The first kappa shape index (κ1) is 19.5. The van der Waals surface area contributed by atoms with Crippen LogP contribution in [0.1, 0.15) is 26.7 Å². The Morgan fingerprint density at radius 2 is 2.00 bits per heavy atom. The topological polar surface area (TPSA) is 67.3 Å². The zero-order chi connectivity index (χ0) is 19.1. The number of carbonyl (C=O) groups excluding carboxylic acids is 1. The summed E-state index contributed by atoms with van der Waals surface area (Å²) in [4.78, 5) is 23.2. The molecule has 2 aromatic rings. The number of hydrogen-bond acceptors (Lipinski definition) is 6. The number of anilines is 2. The summed E-state index contributed by atoms with van der Waals surface area (Å²) in [5.74, 6) is 2.77. The summed E-state index contributed by atoms with van der Waals surface area (Å²) < 4.78 is 5.40. The van der Waals surface area contributed by atoms with E-state index >= 15 is 0 Å². The second-order valence-electron chi connectivity index (χ2n) is 6.68. The lowest BCUT2D eigenvalue weighted by Gasteiger charge is -2.31. The third-order valence-corrected chi connectivity index (χ3v) is 5.46. The van der Waals surface area contributed by atoms with E-state index in [1.165, 1.54) is 24.6 Å². The van der Waals surface area contributed by atoms with Crippen LogP contribution in [0.25, 0.3) is 0 Å². The van der Waals surface area contributed by atoms with Crippen LogP contribution in [0.3, 0.4) is 0 Å². The normalized spacial score (nSPS) is 14.8. The first-order valence-corrected chi connectivity index (χ1v) is 10.3. The Hall–Kier alpha value is -2.28. The maximum absolute atomic E-state index is 12.2. The van der Waals surface area contributed by atoms with Crippen LogP contribution in [0.5, 0.6) is 5.75 Å². The second kappa shape index (κ2) is 9.60. The monoisotopic (exact) mass is 386 g/mol. The minimum Gasteiger partial charge on any atom is -0.494 e. The number of aromatic nitrogens is 2. The Morgan fingerprint density at radius 3 is 2.70 bits per heavy atom. The van der Waals surface area contributed by atoms with Crippen molar-refractivity contribution in [3.8, 4) is 5.75 Å². The molecule has 1 N–H and O–H groups in total. The molecule has 1 aromatic carbocycles. The predicted octanol–water partition coefficient (Wildman–Crippen LogP) is 3.84. The average molecular weight is 387 g/mol. The molecule has 0 spiro atoms. The highest BCUT2D eigenvalue weighted by atomic mass is 32.2. The average Bonchev–Trinajstić information content (AvgIpc) is 2.69. The number of nitrogens with one attached hydrogen (secondary N) is 1. The molecule has 144 valence electrons. The lowest BCUT2D eigenvalue weighted by molar-refractivity contribution is -0.113. The van der Waals surface area contributed by atoms with Gasteiger partial charge in [-0.2, -0.15) is 0 Å². The first-order chi connectivity index (χ1) is 13.1. The number of benzene rings is 1. The zero-order valence-electron chi connectivity index (χ0n) is 15.9. The van der Waals surface area contributed by atoms with Gasteiger partial charge in [0.1, 0.15) is 22.9 Å². The van der Waals surface area contributed by atoms with Gasteiger partial charge in [-0.3, -0.25) is 4.79 Å². The van der Waals surface area contributed by atoms with Gasteiger partial charge in [0, 0.05) is 24.8 Å². The Bertz CT molecular complexity index is 746. The van der Waals surface area contributed by atoms with E-state index in [1.807, 2.05) is 37.3 Å². The first-order valence-electron chi connectivity index (χ1n) is 9.36. The highest BCUT2D eigenvalue weighted by Gasteiger charge is 2.17. The van der Waals surface area contributed by atoms with Crippen molar-refractivity contribution in [1.82, 2.24) is 9.97 Å². The van der Waals surface area contributed by atoms with Crippen molar-refractivity contribution in [3.05, 3.63) is 36.7 Å². The number of rotatable bonds is 7. The van der Waals surface area contributed by atoms with E-state index in [9.17, 15) is 4.79 Å². The van der Waals surface area contributed by atoms with Gasteiger partial charge in [0.05, 0.1) is 12.4 Å². The number of piperidine rings is 1. The second-order valence-corrected chi connectivity index (χ2v) is 7.67. The minimum absolute atomic E-state index is 0.0591. The fourth-order valence-electron chi connectivity index (χ4n) is 2.96. The Balaban J connectivity index is 1.50. The van der Waals surface area contributed by atoms with Gasteiger partial charge in [0.2, 0.25) is 5.91 Å². The maximum Gasteiger partial charge on any atom is 0.234 e. The van der Waals surface area contributed by atoms with Crippen LogP contribution in [0.2, 0.25) is 0 Å². The lowest BCUT2D eigenvalue weighted by atomic mass is 9.99. The van der Waals surface area contributed by atoms with Crippen molar-refractivity contribution in [2.45, 2.75) is 31.7 Å². The van der Waals surface area contributed by atoms with Crippen LogP contribution < -0.4 is 15.0 Å². The summed E-state index contributed by atoms with van der Waals surface area (Å²) in [6, 6.07) is 9.36. The van der Waals surface area contributed by atoms with Gasteiger partial charge in [0.15, 0.2) is 0 Å². The van der Waals surface area contributed by atoms with Gasteiger partial charge in [-0.05, 0) is 49.9 Å². The van der Waals surface area contributed by atoms with Gasteiger partial charge in [-0.15, -0.1) is 0 Å². The molecule has 1 aliphatic rings. The molecule has 0 saturated carbocycles. The number of hydrogen-bond donors (Lipinski definition) is 1. The number of carbonyl (C=O) groups is 1. The van der Waals surface area contributed by atoms with Crippen LogP contribution in [0.4, 0.5) is 11.5 Å². The summed E-state index contributed by atoms with van der Waals surface area (Å²) in [6.07, 6.45) is 3.97. The highest BCUT2D eigenvalue weighted by molar-refractivity contribution is 7.99. The third-order valence-electron chi connectivity index (χ3n) is 4.54. The molecule has 2 heterocycles. The van der Waals surface area contributed by atoms with Crippen molar-refractivity contribution in [1.29, 1.82) is 0 Å². The number of ether oxygens (including phenoxy) is 1. The molecule has 1 fully saturated rings. The standard InChI is InChI=1S/C20H26N4O2S/c1-3-26-17-6-4-16(5-7-17)23-19(25)13-27-20-12-18(21-14-22-20)24-10-8-15(2)9-11-24/h4-7,12,14-15H,3,8-11,13H2,1-2H3,(H,23,25). The van der Waals surface area contributed by atoms with Crippen LogP contribution in [-0.2, 0) is 4.79 Å². The summed E-state index contributed by atoms with van der Waals surface area (Å²) in [7, 11) is 0. The van der Waals surface area contributed by atoms with Crippen molar-refractivity contribution >= 4 is 29.2 Å². The van der Waals surface area contributed by atoms with Crippen LogP contribution in [0.15, 0.2) is 41.7 Å². The molecule has 0 aliphatic carbocycles. The van der Waals surface area contributed by atoms with E-state index in [2.05, 4.69) is 27.1 Å². The van der Waals surface area contributed by atoms with E-state index in [0.29, 0.717) is 12.4 Å². The molecule has 0 radical (unpaired) electrons. The fourth-order valence-corrected chi connectivity index (χ4v) is 3.62. The molecule has 1 aromatic heterocycles. The van der Waals surface area contributed by atoms with E-state index in [-0.39, 0.29) is 5.91 Å². The van der Waals surface area contributed by atoms with Gasteiger partial charge in [0.25, 0.3) is 0 Å². The van der Waals surface area contributed by atoms with Crippen LogP contribution in [0, 0.1) is 5.92 Å². The summed E-state index contributed by atoms with van der Waals surface area (Å²) >= 11 is 1.42. The largest absolute Gasteiger partial charge is 0.494 e. The fraction of sp³-hybridized carbons (Fsp3) is 0.450. The lowest BCUT2D eigenvalue weighted by Crippen LogP contribution is -2.33. The van der Waals surface area contributed by atoms with E-state index in [1.54, 1.807) is 6.33 Å². The highest BCUT2D eigenvalue weighted by Crippen LogP contribution is 2.24. The molecule has 1 aliphatic heterocycles. The van der Waals surface area contributed by atoms with Crippen LogP contribution >= 0.6 is 11.8 Å². The van der Waals surface area contributed by atoms with E-state index < -0.39 is 0 Å². The Kier molecular flexibility index (Phi) is 6.92. The molecule has 0 bridgehead atoms. The van der Waals surface area contributed by atoms with Crippen LogP contribution in [-0.4, -0.2) is 41.3 Å². The summed E-state index contributed by atoms with van der Waals surface area (Å²) in [6.45, 7) is 6.92. The van der Waals surface area contributed by atoms with Crippen molar-refractivity contribution < 1.29 is 9.53 Å². The van der Waals surface area contributed by atoms with Crippen molar-refractivity contribution in [2.24, 2.45) is 5.92 Å². The number of nitrogens with zero attached hydrogens (tertiary/aromatic N) is 3. The quantitative estimate of drug-likeness (QED) is 0.576. The van der Waals surface area contributed by atoms with Gasteiger partial charge in [-0.1, -0.05) is 18.7 Å². The molecule has 27 heavy (non-hydrogen) atoms. The SMILES string of the molecule is CCOc1ccc(NC(=O)CSc2cc(N3CCC(C)CC3)ncn2)cc1. The smallest absolute Gasteiger partial charge is 0.234 e. The van der Waals surface area contributed by atoms with E-state index in [0.717, 1.165) is 41.3 Å². The van der Waals surface area contributed by atoms with Gasteiger partial charge >= 0.3 is 0 Å². The number of thioether (sulfide) groups is 1.